The highest BCUT2D eigenvalue weighted by molar-refractivity contribution is 6.05. The highest BCUT2D eigenvalue weighted by Crippen LogP contribution is 2.38. The van der Waals surface area contributed by atoms with Crippen LogP contribution in [0.25, 0.3) is 10.9 Å². The molecule has 2 atom stereocenters. The van der Waals surface area contributed by atoms with Crippen LogP contribution in [0.15, 0.2) is 18.2 Å². The number of nitrogen functional groups attached to an aromatic ring is 1. The minimum absolute atomic E-state index is 0.0454. The van der Waals surface area contributed by atoms with E-state index in [1.165, 1.54) is 6.42 Å². The molecule has 1 fully saturated rings. The van der Waals surface area contributed by atoms with Crippen LogP contribution in [0.2, 0.25) is 0 Å². The second-order valence-corrected chi connectivity index (χ2v) is 5.54. The molecule has 19 heavy (non-hydrogen) atoms. The monoisotopic (exact) mass is 258 g/mol. The molecule has 1 saturated carbocycles. The van der Waals surface area contributed by atoms with Gasteiger partial charge in [0.25, 0.3) is 5.91 Å². The fraction of sp³-hybridized carbons (Fsp3) is 0.429. The lowest BCUT2D eigenvalue weighted by Crippen LogP contribution is -2.29. The topological polar surface area (TPSA) is 75.0 Å². The molecule has 3 rings (SSSR count). The predicted molar refractivity (Wildman–Crippen MR) is 74.7 cm³/mol. The molecule has 2 unspecified atom stereocenters. The number of rotatable bonds is 3. The molecule has 0 bridgehead atoms. The molecule has 2 aromatic rings. The third kappa shape index (κ3) is 2.16. The minimum atomic E-state index is -0.0454. The fourth-order valence-electron chi connectivity index (χ4n) is 2.46. The SMILES string of the molecule is CC1CC1CN(C)C(=O)c1n[nH]c2ccc(N)cc12. The van der Waals surface area contributed by atoms with Crippen molar-refractivity contribution in [3.05, 3.63) is 23.9 Å². The van der Waals surface area contributed by atoms with Crippen LogP contribution in [0, 0.1) is 11.8 Å². The summed E-state index contributed by atoms with van der Waals surface area (Å²) in [6.07, 6.45) is 1.21. The summed E-state index contributed by atoms with van der Waals surface area (Å²) in [5.74, 6) is 1.34. The number of hydrogen-bond donors (Lipinski definition) is 2. The fourth-order valence-corrected chi connectivity index (χ4v) is 2.46. The number of carbonyl (C=O) groups excluding carboxylic acids is 1. The van der Waals surface area contributed by atoms with Crippen molar-refractivity contribution in [2.75, 3.05) is 19.3 Å². The van der Waals surface area contributed by atoms with Crippen LogP contribution in [0.3, 0.4) is 0 Å². The zero-order chi connectivity index (χ0) is 13.6. The molecule has 0 saturated heterocycles. The number of fused-ring (bicyclic) bond motifs is 1. The zero-order valence-electron chi connectivity index (χ0n) is 11.2. The van der Waals surface area contributed by atoms with Gasteiger partial charge in [-0.3, -0.25) is 9.89 Å². The first-order valence-electron chi connectivity index (χ1n) is 6.55. The molecule has 0 spiro atoms. The molecule has 1 aliphatic rings. The van der Waals surface area contributed by atoms with Gasteiger partial charge in [-0.1, -0.05) is 6.92 Å². The Hall–Kier alpha value is -2.04. The van der Waals surface area contributed by atoms with Crippen molar-refractivity contribution < 1.29 is 4.79 Å². The van der Waals surface area contributed by atoms with Crippen LogP contribution >= 0.6 is 0 Å². The molecule has 1 aliphatic carbocycles. The lowest BCUT2D eigenvalue weighted by molar-refractivity contribution is 0.0783. The molecular weight excluding hydrogens is 240 g/mol. The zero-order valence-corrected chi connectivity index (χ0v) is 11.2. The largest absolute Gasteiger partial charge is 0.399 e. The molecule has 5 nitrogen and oxygen atoms in total. The van der Waals surface area contributed by atoms with Crippen molar-refractivity contribution in [2.24, 2.45) is 11.8 Å². The Morgan fingerprint density at radius 2 is 2.32 bits per heavy atom. The Balaban J connectivity index is 1.86. The maximum Gasteiger partial charge on any atom is 0.274 e. The standard InChI is InChI=1S/C14H18N4O/c1-8-5-9(8)7-18(2)14(19)13-11-6-10(15)3-4-12(11)16-17-13/h3-4,6,8-9H,5,7,15H2,1-2H3,(H,16,17). The number of nitrogens with two attached hydrogens (primary N) is 1. The number of aromatic amines is 1. The van der Waals surface area contributed by atoms with E-state index in [0.717, 1.165) is 23.4 Å². The molecule has 1 amide bonds. The van der Waals surface area contributed by atoms with E-state index in [2.05, 4.69) is 17.1 Å². The van der Waals surface area contributed by atoms with E-state index < -0.39 is 0 Å². The maximum absolute atomic E-state index is 12.4. The Labute approximate surface area is 111 Å². The predicted octanol–water partition coefficient (Wildman–Crippen LogP) is 1.87. The maximum atomic E-state index is 12.4. The second-order valence-electron chi connectivity index (χ2n) is 5.54. The van der Waals surface area contributed by atoms with Gasteiger partial charge in [0.1, 0.15) is 0 Å². The smallest absolute Gasteiger partial charge is 0.274 e. The Morgan fingerprint density at radius 1 is 1.58 bits per heavy atom. The Bertz CT molecular complexity index is 633. The number of anilines is 1. The lowest BCUT2D eigenvalue weighted by atomic mass is 10.1. The summed E-state index contributed by atoms with van der Waals surface area (Å²) in [4.78, 5) is 14.2. The summed E-state index contributed by atoms with van der Waals surface area (Å²) in [7, 11) is 1.83. The van der Waals surface area contributed by atoms with Gasteiger partial charge in [-0.25, -0.2) is 0 Å². The number of H-pyrrole nitrogens is 1. The van der Waals surface area contributed by atoms with Crippen molar-refractivity contribution in [1.29, 1.82) is 0 Å². The Morgan fingerprint density at radius 3 is 3.00 bits per heavy atom. The number of nitrogens with one attached hydrogen (secondary N) is 1. The lowest BCUT2D eigenvalue weighted by Gasteiger charge is -2.15. The average Bonchev–Trinajstić information content (AvgIpc) is 2.90. The van der Waals surface area contributed by atoms with Crippen LogP contribution in [0.4, 0.5) is 5.69 Å². The summed E-state index contributed by atoms with van der Waals surface area (Å²) in [5.41, 5.74) is 7.71. The van der Waals surface area contributed by atoms with E-state index >= 15 is 0 Å². The third-order valence-corrected chi connectivity index (χ3v) is 3.92. The van der Waals surface area contributed by atoms with Crippen molar-refractivity contribution in [1.82, 2.24) is 15.1 Å². The molecule has 1 heterocycles. The van der Waals surface area contributed by atoms with Crippen molar-refractivity contribution in [3.8, 4) is 0 Å². The molecule has 1 aromatic heterocycles. The van der Waals surface area contributed by atoms with Gasteiger partial charge in [-0.05, 0) is 36.5 Å². The summed E-state index contributed by atoms with van der Waals surface area (Å²) in [6.45, 7) is 3.02. The van der Waals surface area contributed by atoms with Gasteiger partial charge < -0.3 is 10.6 Å². The number of aromatic nitrogens is 2. The van der Waals surface area contributed by atoms with Gasteiger partial charge in [0.05, 0.1) is 5.52 Å². The number of benzene rings is 1. The third-order valence-electron chi connectivity index (χ3n) is 3.92. The number of nitrogens with zero attached hydrogens (tertiary/aromatic N) is 2. The van der Waals surface area contributed by atoms with Crippen molar-refractivity contribution in [2.45, 2.75) is 13.3 Å². The van der Waals surface area contributed by atoms with Gasteiger partial charge in [-0.15, -0.1) is 0 Å². The molecule has 5 heteroatoms. The number of hydrogen-bond acceptors (Lipinski definition) is 3. The van der Waals surface area contributed by atoms with Gasteiger partial charge in [0.15, 0.2) is 5.69 Å². The molecule has 100 valence electrons. The van der Waals surface area contributed by atoms with Crippen LogP contribution in [0.5, 0.6) is 0 Å². The summed E-state index contributed by atoms with van der Waals surface area (Å²) < 4.78 is 0. The summed E-state index contributed by atoms with van der Waals surface area (Å²) >= 11 is 0. The highest BCUT2D eigenvalue weighted by Gasteiger charge is 2.34. The van der Waals surface area contributed by atoms with E-state index in [9.17, 15) is 4.79 Å². The quantitative estimate of drug-likeness (QED) is 0.825. The van der Waals surface area contributed by atoms with Gasteiger partial charge >= 0.3 is 0 Å². The van der Waals surface area contributed by atoms with E-state index in [4.69, 9.17) is 5.73 Å². The van der Waals surface area contributed by atoms with Crippen LogP contribution in [0.1, 0.15) is 23.8 Å². The highest BCUT2D eigenvalue weighted by atomic mass is 16.2. The Kier molecular flexibility index (Phi) is 2.69. The second kappa shape index (κ2) is 4.26. The van der Waals surface area contributed by atoms with E-state index in [1.54, 1.807) is 17.0 Å². The van der Waals surface area contributed by atoms with E-state index in [-0.39, 0.29) is 5.91 Å². The first kappa shape index (κ1) is 12.0. The first-order chi connectivity index (χ1) is 9.06. The van der Waals surface area contributed by atoms with Gasteiger partial charge in [-0.2, -0.15) is 5.10 Å². The molecule has 0 aliphatic heterocycles. The normalized spacial score (nSPS) is 21.6. The molecule has 1 aromatic carbocycles. The van der Waals surface area contributed by atoms with Gasteiger partial charge in [0.2, 0.25) is 0 Å². The van der Waals surface area contributed by atoms with Crippen LogP contribution in [-0.2, 0) is 0 Å². The number of amides is 1. The van der Waals surface area contributed by atoms with Crippen molar-refractivity contribution >= 4 is 22.5 Å². The van der Waals surface area contributed by atoms with Gasteiger partial charge in [0, 0.05) is 24.7 Å². The number of carbonyl (C=O) groups is 1. The first-order valence-corrected chi connectivity index (χ1v) is 6.55. The molecular formula is C14H18N4O. The van der Waals surface area contributed by atoms with Crippen LogP contribution < -0.4 is 5.73 Å². The van der Waals surface area contributed by atoms with Crippen LogP contribution in [-0.4, -0.2) is 34.6 Å². The summed E-state index contributed by atoms with van der Waals surface area (Å²) in [6, 6.07) is 5.43. The van der Waals surface area contributed by atoms with E-state index in [0.29, 0.717) is 17.3 Å². The summed E-state index contributed by atoms with van der Waals surface area (Å²) in [5, 5.41) is 7.80. The van der Waals surface area contributed by atoms with Crippen molar-refractivity contribution in [3.63, 3.8) is 0 Å². The molecule has 0 radical (unpaired) electrons. The molecule has 3 N–H and O–H groups in total. The minimum Gasteiger partial charge on any atom is -0.399 e. The average molecular weight is 258 g/mol. The van der Waals surface area contributed by atoms with E-state index in [1.807, 2.05) is 13.1 Å².